The normalized spacial score (nSPS) is 28.1. The molecule has 0 unspecified atom stereocenters. The molecule has 0 saturated carbocycles. The third-order valence-electron chi connectivity index (χ3n) is 4.17. The largest absolute Gasteiger partial charge is 0.462 e. The summed E-state index contributed by atoms with van der Waals surface area (Å²) in [5.74, 6) is 0.210. The van der Waals surface area contributed by atoms with Crippen LogP contribution in [0.3, 0.4) is 0 Å². The molecule has 1 fully saturated rings. The second kappa shape index (κ2) is 6.20. The van der Waals surface area contributed by atoms with Gasteiger partial charge in [-0.25, -0.2) is 0 Å². The van der Waals surface area contributed by atoms with E-state index in [-0.39, 0.29) is 12.1 Å². The van der Waals surface area contributed by atoms with Crippen LogP contribution in [-0.4, -0.2) is 29.6 Å². The van der Waals surface area contributed by atoms with E-state index in [0.29, 0.717) is 12.0 Å². The first-order valence-electron chi connectivity index (χ1n) is 7.03. The van der Waals surface area contributed by atoms with Gasteiger partial charge in [0.25, 0.3) is 0 Å². The van der Waals surface area contributed by atoms with Crippen LogP contribution in [0.1, 0.15) is 32.8 Å². The van der Waals surface area contributed by atoms with Gasteiger partial charge >= 0.3 is 5.97 Å². The minimum Gasteiger partial charge on any atom is -0.462 e. The van der Waals surface area contributed by atoms with Crippen molar-refractivity contribution in [3.05, 3.63) is 35.9 Å². The SMILES string of the molecule is CC(=O)O[C@@H]1CCN(Cc2ccccc2)[C@H](C)[C@H]1C. The summed E-state index contributed by atoms with van der Waals surface area (Å²) < 4.78 is 5.41. The number of rotatable bonds is 3. The zero-order chi connectivity index (χ0) is 13.8. The Hall–Kier alpha value is -1.35. The molecule has 19 heavy (non-hydrogen) atoms. The number of hydrogen-bond donors (Lipinski definition) is 0. The van der Waals surface area contributed by atoms with E-state index in [1.54, 1.807) is 0 Å². The Bertz CT molecular complexity index is 418. The average Bonchev–Trinajstić information content (AvgIpc) is 2.39. The molecule has 0 radical (unpaired) electrons. The van der Waals surface area contributed by atoms with E-state index >= 15 is 0 Å². The van der Waals surface area contributed by atoms with Crippen LogP contribution in [-0.2, 0) is 16.1 Å². The molecule has 0 aromatic heterocycles. The summed E-state index contributed by atoms with van der Waals surface area (Å²) in [5, 5.41) is 0. The fourth-order valence-corrected chi connectivity index (χ4v) is 2.82. The van der Waals surface area contributed by atoms with Gasteiger partial charge in [-0.2, -0.15) is 0 Å². The number of esters is 1. The fraction of sp³-hybridized carbons (Fsp3) is 0.562. The van der Waals surface area contributed by atoms with E-state index in [1.807, 2.05) is 6.07 Å². The Balaban J connectivity index is 1.97. The Morgan fingerprint density at radius 1 is 1.32 bits per heavy atom. The molecule has 0 N–H and O–H groups in total. The van der Waals surface area contributed by atoms with Crippen LogP contribution in [0.15, 0.2) is 30.3 Å². The molecule has 1 saturated heterocycles. The van der Waals surface area contributed by atoms with Crippen molar-refractivity contribution >= 4 is 5.97 Å². The number of carbonyl (C=O) groups is 1. The Morgan fingerprint density at radius 3 is 2.63 bits per heavy atom. The average molecular weight is 261 g/mol. The minimum atomic E-state index is -0.166. The lowest BCUT2D eigenvalue weighted by Gasteiger charge is -2.42. The molecule has 0 bridgehead atoms. The second-order valence-corrected chi connectivity index (χ2v) is 5.49. The Labute approximate surface area is 115 Å². The standard InChI is InChI=1S/C16H23NO2/c1-12-13(2)17(10-9-16(12)19-14(3)18)11-15-7-5-4-6-8-15/h4-8,12-13,16H,9-11H2,1-3H3/t12-,13-,16-/m1/s1. The van der Waals surface area contributed by atoms with Gasteiger partial charge < -0.3 is 4.74 Å². The number of nitrogens with zero attached hydrogens (tertiary/aromatic N) is 1. The van der Waals surface area contributed by atoms with Crippen molar-refractivity contribution in [2.45, 2.75) is 45.9 Å². The highest BCUT2D eigenvalue weighted by Gasteiger charge is 2.34. The molecule has 3 atom stereocenters. The van der Waals surface area contributed by atoms with Gasteiger partial charge in [0, 0.05) is 32.0 Å². The van der Waals surface area contributed by atoms with E-state index in [2.05, 4.69) is 43.0 Å². The predicted molar refractivity (Wildman–Crippen MR) is 75.6 cm³/mol. The van der Waals surface area contributed by atoms with Gasteiger partial charge in [0.15, 0.2) is 0 Å². The smallest absolute Gasteiger partial charge is 0.302 e. The summed E-state index contributed by atoms with van der Waals surface area (Å²) in [4.78, 5) is 13.6. The maximum Gasteiger partial charge on any atom is 0.302 e. The van der Waals surface area contributed by atoms with Crippen LogP contribution in [0.5, 0.6) is 0 Å². The third-order valence-corrected chi connectivity index (χ3v) is 4.17. The van der Waals surface area contributed by atoms with Crippen molar-refractivity contribution in [2.24, 2.45) is 5.92 Å². The Morgan fingerprint density at radius 2 is 2.00 bits per heavy atom. The second-order valence-electron chi connectivity index (χ2n) is 5.49. The maximum absolute atomic E-state index is 11.1. The molecule has 1 aliphatic rings. The van der Waals surface area contributed by atoms with Crippen molar-refractivity contribution in [2.75, 3.05) is 6.54 Å². The third kappa shape index (κ3) is 3.57. The molecule has 2 rings (SSSR count). The molecule has 1 aliphatic heterocycles. The molecule has 1 aromatic rings. The number of benzene rings is 1. The molecule has 1 aromatic carbocycles. The molecule has 0 spiro atoms. The van der Waals surface area contributed by atoms with Crippen LogP contribution in [0, 0.1) is 5.92 Å². The molecule has 0 amide bonds. The summed E-state index contributed by atoms with van der Waals surface area (Å²) in [6.07, 6.45) is 0.997. The molecule has 3 heteroatoms. The van der Waals surface area contributed by atoms with Crippen LogP contribution in [0.25, 0.3) is 0 Å². The number of likely N-dealkylation sites (tertiary alicyclic amines) is 1. The van der Waals surface area contributed by atoms with Gasteiger partial charge in [-0.15, -0.1) is 0 Å². The first-order chi connectivity index (χ1) is 9.08. The first kappa shape index (κ1) is 14.1. The van der Waals surface area contributed by atoms with Crippen LogP contribution in [0.4, 0.5) is 0 Å². The first-order valence-corrected chi connectivity index (χ1v) is 7.03. The molecule has 0 aliphatic carbocycles. The van der Waals surface area contributed by atoms with E-state index in [9.17, 15) is 4.79 Å². The lowest BCUT2D eigenvalue weighted by Crippen LogP contribution is -2.49. The number of carbonyl (C=O) groups excluding carboxylic acids is 1. The molecule has 104 valence electrons. The number of hydrogen-bond acceptors (Lipinski definition) is 3. The fourth-order valence-electron chi connectivity index (χ4n) is 2.82. The molecular weight excluding hydrogens is 238 g/mol. The zero-order valence-corrected chi connectivity index (χ0v) is 12.0. The van der Waals surface area contributed by atoms with Crippen molar-refractivity contribution in [3.63, 3.8) is 0 Å². The lowest BCUT2D eigenvalue weighted by molar-refractivity contribution is -0.153. The van der Waals surface area contributed by atoms with E-state index in [1.165, 1.54) is 12.5 Å². The van der Waals surface area contributed by atoms with E-state index in [4.69, 9.17) is 4.74 Å². The van der Waals surface area contributed by atoms with Gasteiger partial charge in [0.1, 0.15) is 6.10 Å². The summed E-state index contributed by atoms with van der Waals surface area (Å²) >= 11 is 0. The lowest BCUT2D eigenvalue weighted by atomic mass is 9.88. The summed E-state index contributed by atoms with van der Waals surface area (Å²) in [6, 6.07) is 11.0. The highest BCUT2D eigenvalue weighted by molar-refractivity contribution is 5.66. The predicted octanol–water partition coefficient (Wildman–Crippen LogP) is 2.85. The highest BCUT2D eigenvalue weighted by Crippen LogP contribution is 2.27. The summed E-state index contributed by atoms with van der Waals surface area (Å²) in [6.45, 7) is 7.85. The maximum atomic E-state index is 11.1. The van der Waals surface area contributed by atoms with E-state index in [0.717, 1.165) is 19.5 Å². The monoisotopic (exact) mass is 261 g/mol. The zero-order valence-electron chi connectivity index (χ0n) is 12.0. The van der Waals surface area contributed by atoms with Gasteiger partial charge in [-0.1, -0.05) is 37.3 Å². The van der Waals surface area contributed by atoms with E-state index < -0.39 is 0 Å². The van der Waals surface area contributed by atoms with Crippen molar-refractivity contribution in [1.29, 1.82) is 0 Å². The van der Waals surface area contributed by atoms with Gasteiger partial charge in [-0.3, -0.25) is 9.69 Å². The summed E-state index contributed by atoms with van der Waals surface area (Å²) in [7, 11) is 0. The van der Waals surface area contributed by atoms with Gasteiger partial charge in [0.05, 0.1) is 0 Å². The van der Waals surface area contributed by atoms with Crippen molar-refractivity contribution in [3.8, 4) is 0 Å². The molecule has 1 heterocycles. The van der Waals surface area contributed by atoms with Crippen molar-refractivity contribution in [1.82, 2.24) is 4.90 Å². The number of piperidine rings is 1. The van der Waals surface area contributed by atoms with Gasteiger partial charge in [-0.05, 0) is 18.9 Å². The topological polar surface area (TPSA) is 29.5 Å². The van der Waals surface area contributed by atoms with Gasteiger partial charge in [0.2, 0.25) is 0 Å². The van der Waals surface area contributed by atoms with Crippen molar-refractivity contribution < 1.29 is 9.53 Å². The quantitative estimate of drug-likeness (QED) is 0.784. The van der Waals surface area contributed by atoms with Crippen LogP contribution < -0.4 is 0 Å². The van der Waals surface area contributed by atoms with Crippen LogP contribution in [0.2, 0.25) is 0 Å². The minimum absolute atomic E-state index is 0.0690. The molecular formula is C16H23NO2. The number of ether oxygens (including phenoxy) is 1. The summed E-state index contributed by atoms with van der Waals surface area (Å²) in [5.41, 5.74) is 1.34. The molecule has 3 nitrogen and oxygen atoms in total. The van der Waals surface area contributed by atoms with Crippen LogP contribution >= 0.6 is 0 Å². The highest BCUT2D eigenvalue weighted by atomic mass is 16.5. The Kier molecular flexibility index (Phi) is 4.59.